The van der Waals surface area contributed by atoms with Crippen molar-refractivity contribution in [2.24, 2.45) is 0 Å². The molecular weight excluding hydrogens is 328 g/mol. The fourth-order valence-corrected chi connectivity index (χ4v) is 2.96. The van der Waals surface area contributed by atoms with Crippen LogP contribution >= 0.6 is 0 Å². The summed E-state index contributed by atoms with van der Waals surface area (Å²) in [6.07, 6.45) is -1.28. The van der Waals surface area contributed by atoms with Crippen molar-refractivity contribution in [3.8, 4) is 6.07 Å². The van der Waals surface area contributed by atoms with Crippen LogP contribution in [-0.4, -0.2) is 35.2 Å². The molecule has 1 unspecified atom stereocenters. The highest BCUT2D eigenvalue weighted by Gasteiger charge is 2.47. The van der Waals surface area contributed by atoms with Gasteiger partial charge in [-0.1, -0.05) is 36.4 Å². The van der Waals surface area contributed by atoms with Crippen LogP contribution in [0.15, 0.2) is 42.5 Å². The monoisotopic (exact) mass is 343 g/mol. The van der Waals surface area contributed by atoms with Crippen molar-refractivity contribution in [3.63, 3.8) is 0 Å². The van der Waals surface area contributed by atoms with Crippen LogP contribution in [0.3, 0.4) is 0 Å². The highest BCUT2D eigenvalue weighted by molar-refractivity contribution is 6.08. The lowest BCUT2D eigenvalue weighted by Crippen LogP contribution is -2.37. The van der Waals surface area contributed by atoms with Crippen molar-refractivity contribution in [2.75, 3.05) is 11.9 Å². The minimum Gasteiger partial charge on any atom is -0.325 e. The lowest BCUT2D eigenvalue weighted by atomic mass is 10.1. The van der Waals surface area contributed by atoms with Gasteiger partial charge in [-0.15, -0.1) is 0 Å². The number of likely N-dealkylation sites (tertiary alicyclic amines) is 1. The summed E-state index contributed by atoms with van der Waals surface area (Å²) in [5.74, 6) is -4.47. The highest BCUT2D eigenvalue weighted by Crippen LogP contribution is 2.32. The number of fused-ring (bicyclic) bond motifs is 1. The Bertz CT molecular complexity index is 871. The zero-order valence-corrected chi connectivity index (χ0v) is 13.2. The number of anilines is 1. The average molecular weight is 343 g/mol. The van der Waals surface area contributed by atoms with E-state index in [-0.39, 0.29) is 0 Å². The molecule has 1 saturated heterocycles. The number of amides is 2. The number of halogens is 2. The van der Waals surface area contributed by atoms with Crippen LogP contribution in [0.1, 0.15) is 12.8 Å². The minimum atomic E-state index is -3.10. The summed E-state index contributed by atoms with van der Waals surface area (Å²) >= 11 is 0. The first-order chi connectivity index (χ1) is 11.9. The van der Waals surface area contributed by atoms with Crippen LogP contribution < -0.4 is 5.32 Å². The van der Waals surface area contributed by atoms with Crippen LogP contribution in [0.25, 0.3) is 10.8 Å². The molecule has 1 fully saturated rings. The van der Waals surface area contributed by atoms with Crippen LogP contribution in [0.2, 0.25) is 0 Å². The largest absolute Gasteiger partial charge is 0.325 e. The van der Waals surface area contributed by atoms with E-state index in [2.05, 4.69) is 5.32 Å². The average Bonchev–Trinajstić information content (AvgIpc) is 2.90. The number of carbonyl (C=O) groups is 2. The molecule has 25 heavy (non-hydrogen) atoms. The predicted molar refractivity (Wildman–Crippen MR) is 87.9 cm³/mol. The molecule has 128 valence electrons. The fraction of sp³-hybridized carbons (Fsp3) is 0.278. The molecule has 2 aromatic carbocycles. The summed E-state index contributed by atoms with van der Waals surface area (Å²) in [4.78, 5) is 25.1. The molecule has 2 amide bonds. The van der Waals surface area contributed by atoms with Crippen LogP contribution in [-0.2, 0) is 9.59 Å². The van der Waals surface area contributed by atoms with E-state index in [0.717, 1.165) is 15.7 Å². The summed E-state index contributed by atoms with van der Waals surface area (Å²) in [5, 5.41) is 13.3. The third kappa shape index (κ3) is 3.58. The van der Waals surface area contributed by atoms with Gasteiger partial charge in [0.05, 0.1) is 12.6 Å². The first-order valence-corrected chi connectivity index (χ1v) is 7.74. The molecule has 1 aliphatic heterocycles. The number of nitrogens with zero attached hydrogens (tertiary/aromatic N) is 2. The van der Waals surface area contributed by atoms with Crippen LogP contribution in [0, 0.1) is 11.3 Å². The molecule has 1 N–H and O–H groups in total. The normalized spacial score (nSPS) is 18.8. The van der Waals surface area contributed by atoms with Gasteiger partial charge in [0.25, 0.3) is 5.92 Å². The molecule has 1 atom stereocenters. The molecule has 0 saturated carbocycles. The van der Waals surface area contributed by atoms with E-state index in [1.54, 1.807) is 18.2 Å². The Kier molecular flexibility index (Phi) is 4.36. The Morgan fingerprint density at radius 2 is 1.96 bits per heavy atom. The molecule has 2 aromatic rings. The Morgan fingerprint density at radius 3 is 2.72 bits per heavy atom. The van der Waals surface area contributed by atoms with Gasteiger partial charge < -0.3 is 10.2 Å². The third-order valence-electron chi connectivity index (χ3n) is 4.11. The predicted octanol–water partition coefficient (Wildman–Crippen LogP) is 2.93. The lowest BCUT2D eigenvalue weighted by molar-refractivity contribution is -0.135. The smallest absolute Gasteiger partial charge is 0.268 e. The van der Waals surface area contributed by atoms with E-state index in [4.69, 9.17) is 5.26 Å². The first-order valence-electron chi connectivity index (χ1n) is 7.74. The number of carbonyl (C=O) groups excluding carboxylic acids is 2. The topological polar surface area (TPSA) is 73.2 Å². The van der Waals surface area contributed by atoms with Gasteiger partial charge in [0.2, 0.25) is 11.8 Å². The summed E-state index contributed by atoms with van der Waals surface area (Å²) in [5.41, 5.74) is 0.541. The number of alkyl halides is 2. The Morgan fingerprint density at radius 1 is 1.24 bits per heavy atom. The molecule has 7 heteroatoms. The fourth-order valence-electron chi connectivity index (χ4n) is 2.96. The number of hydrogen-bond acceptors (Lipinski definition) is 3. The van der Waals surface area contributed by atoms with E-state index in [1.807, 2.05) is 30.3 Å². The van der Waals surface area contributed by atoms with Crippen molar-refractivity contribution in [1.82, 2.24) is 4.90 Å². The molecule has 1 aliphatic rings. The van der Waals surface area contributed by atoms with Gasteiger partial charge in [0.15, 0.2) is 0 Å². The summed E-state index contributed by atoms with van der Waals surface area (Å²) < 4.78 is 26.8. The number of hydrogen-bond donors (Lipinski definition) is 1. The zero-order chi connectivity index (χ0) is 18.0. The van der Waals surface area contributed by atoms with E-state index >= 15 is 0 Å². The number of nitriles is 1. The van der Waals surface area contributed by atoms with Gasteiger partial charge in [0, 0.05) is 17.5 Å². The highest BCUT2D eigenvalue weighted by atomic mass is 19.3. The van der Waals surface area contributed by atoms with Gasteiger partial charge in [-0.25, -0.2) is 8.78 Å². The Hall–Kier alpha value is -3.01. The molecule has 0 aromatic heterocycles. The standard InChI is InChI=1S/C18H15F2N3O2/c19-18(20)9-13(10-21)23(11-18)17(25)8-16(24)22-15-7-3-5-12-4-1-2-6-14(12)15/h1-7,13H,8-9,11H2,(H,22,24). The summed E-state index contributed by atoms with van der Waals surface area (Å²) in [6.45, 7) is -0.828. The molecule has 0 bridgehead atoms. The molecular formula is C18H15F2N3O2. The van der Waals surface area contributed by atoms with Crippen LogP contribution in [0.5, 0.6) is 0 Å². The van der Waals surface area contributed by atoms with Gasteiger partial charge >= 0.3 is 0 Å². The van der Waals surface area contributed by atoms with E-state index in [1.165, 1.54) is 0 Å². The van der Waals surface area contributed by atoms with Crippen molar-refractivity contribution in [3.05, 3.63) is 42.5 Å². The molecule has 5 nitrogen and oxygen atoms in total. The quantitative estimate of drug-likeness (QED) is 0.871. The zero-order valence-electron chi connectivity index (χ0n) is 13.2. The minimum absolute atomic E-state index is 0.541. The van der Waals surface area contributed by atoms with Gasteiger partial charge in [-0.05, 0) is 11.5 Å². The van der Waals surface area contributed by atoms with Crippen molar-refractivity contribution < 1.29 is 18.4 Å². The van der Waals surface area contributed by atoms with Crippen molar-refractivity contribution in [1.29, 1.82) is 5.26 Å². The number of nitrogens with one attached hydrogen (secondary N) is 1. The second-order valence-electron chi connectivity index (χ2n) is 5.98. The molecule has 0 radical (unpaired) electrons. The number of rotatable bonds is 3. The Labute approximate surface area is 142 Å². The first kappa shape index (κ1) is 16.8. The molecule has 0 aliphatic carbocycles. The van der Waals surface area contributed by atoms with Gasteiger partial charge in [0.1, 0.15) is 12.5 Å². The maximum Gasteiger partial charge on any atom is 0.268 e. The van der Waals surface area contributed by atoms with E-state index in [9.17, 15) is 18.4 Å². The second kappa shape index (κ2) is 6.48. The lowest BCUT2D eigenvalue weighted by Gasteiger charge is -2.19. The summed E-state index contributed by atoms with van der Waals surface area (Å²) in [6, 6.07) is 13.3. The molecule has 3 rings (SSSR count). The van der Waals surface area contributed by atoms with E-state index < -0.39 is 43.2 Å². The van der Waals surface area contributed by atoms with Gasteiger partial charge in [-0.2, -0.15) is 5.26 Å². The molecule has 0 spiro atoms. The van der Waals surface area contributed by atoms with Crippen LogP contribution in [0.4, 0.5) is 14.5 Å². The van der Waals surface area contributed by atoms with Crippen molar-refractivity contribution >= 4 is 28.3 Å². The third-order valence-corrected chi connectivity index (χ3v) is 4.11. The second-order valence-corrected chi connectivity index (χ2v) is 5.98. The van der Waals surface area contributed by atoms with Gasteiger partial charge in [-0.3, -0.25) is 9.59 Å². The maximum atomic E-state index is 13.4. The summed E-state index contributed by atoms with van der Waals surface area (Å²) in [7, 11) is 0. The molecule has 1 heterocycles. The maximum absolute atomic E-state index is 13.4. The Balaban J connectivity index is 1.70. The van der Waals surface area contributed by atoms with Crippen molar-refractivity contribution in [2.45, 2.75) is 24.8 Å². The van der Waals surface area contributed by atoms with E-state index in [0.29, 0.717) is 5.69 Å². The number of benzene rings is 2. The SMILES string of the molecule is N#CC1CC(F)(F)CN1C(=O)CC(=O)Nc1cccc2ccccc12.